The number of ether oxygens (including phenoxy) is 1. The van der Waals surface area contributed by atoms with E-state index in [-0.39, 0.29) is 12.5 Å². The zero-order valence-electron chi connectivity index (χ0n) is 10.1. The number of carbonyl (C=O) groups is 1. The summed E-state index contributed by atoms with van der Waals surface area (Å²) in [7, 11) is 0. The minimum atomic E-state index is -0.411. The van der Waals surface area contributed by atoms with Crippen molar-refractivity contribution in [1.29, 1.82) is 0 Å². The summed E-state index contributed by atoms with van der Waals surface area (Å²) in [4.78, 5) is 11.6. The molecule has 0 fully saturated rings. The monoisotopic (exact) mass is 260 g/mol. The summed E-state index contributed by atoms with van der Waals surface area (Å²) in [5.41, 5.74) is 6.52. The minimum Gasteiger partial charge on any atom is -0.482 e. The standard InChI is InChI=1S/C14H13FN2O2/c15-10-4-3-5-11(8-10)17-14(18)9-19-13-7-2-1-6-12(13)16/h1-8H,9,16H2,(H,17,18). The summed E-state index contributed by atoms with van der Waals surface area (Å²) in [6.45, 7) is -0.190. The van der Waals surface area contributed by atoms with Gasteiger partial charge in [-0.25, -0.2) is 4.39 Å². The predicted molar refractivity (Wildman–Crippen MR) is 71.4 cm³/mol. The van der Waals surface area contributed by atoms with E-state index in [0.29, 0.717) is 17.1 Å². The molecule has 0 heterocycles. The molecule has 0 aromatic heterocycles. The van der Waals surface area contributed by atoms with Crippen LogP contribution >= 0.6 is 0 Å². The van der Waals surface area contributed by atoms with Crippen LogP contribution in [0.25, 0.3) is 0 Å². The molecule has 3 N–H and O–H groups in total. The summed E-state index contributed by atoms with van der Waals surface area (Å²) in [5.74, 6) is -0.350. The zero-order chi connectivity index (χ0) is 13.7. The minimum absolute atomic E-state index is 0.190. The van der Waals surface area contributed by atoms with Gasteiger partial charge in [-0.15, -0.1) is 0 Å². The lowest BCUT2D eigenvalue weighted by Crippen LogP contribution is -2.20. The van der Waals surface area contributed by atoms with Crippen LogP contribution in [0.1, 0.15) is 0 Å². The van der Waals surface area contributed by atoms with Gasteiger partial charge in [0.1, 0.15) is 11.6 Å². The summed E-state index contributed by atoms with van der Waals surface area (Å²) in [6.07, 6.45) is 0. The Hall–Kier alpha value is -2.56. The van der Waals surface area contributed by atoms with E-state index in [1.165, 1.54) is 18.2 Å². The molecular formula is C14H13FN2O2. The van der Waals surface area contributed by atoms with Crippen molar-refractivity contribution in [3.05, 3.63) is 54.3 Å². The van der Waals surface area contributed by atoms with Crippen LogP contribution in [-0.2, 0) is 4.79 Å². The molecule has 4 nitrogen and oxygen atoms in total. The first kappa shape index (κ1) is 12.9. The lowest BCUT2D eigenvalue weighted by Gasteiger charge is -2.09. The molecule has 5 heteroatoms. The molecule has 0 bridgehead atoms. The van der Waals surface area contributed by atoms with Crippen LogP contribution in [0.15, 0.2) is 48.5 Å². The maximum atomic E-state index is 12.9. The van der Waals surface area contributed by atoms with Gasteiger partial charge in [0.05, 0.1) is 5.69 Å². The van der Waals surface area contributed by atoms with Crippen molar-refractivity contribution in [2.45, 2.75) is 0 Å². The molecule has 0 atom stereocenters. The van der Waals surface area contributed by atoms with Crippen molar-refractivity contribution in [1.82, 2.24) is 0 Å². The van der Waals surface area contributed by atoms with E-state index in [0.717, 1.165) is 0 Å². The Kier molecular flexibility index (Phi) is 3.97. The number of benzene rings is 2. The third-order valence-electron chi connectivity index (χ3n) is 2.39. The summed E-state index contributed by atoms with van der Waals surface area (Å²) in [6, 6.07) is 12.5. The molecule has 0 unspecified atom stereocenters. The quantitative estimate of drug-likeness (QED) is 0.830. The molecule has 2 aromatic carbocycles. The van der Waals surface area contributed by atoms with Gasteiger partial charge in [-0.05, 0) is 30.3 Å². The number of hydrogen-bond donors (Lipinski definition) is 2. The van der Waals surface area contributed by atoms with Gasteiger partial charge < -0.3 is 15.8 Å². The zero-order valence-corrected chi connectivity index (χ0v) is 10.1. The van der Waals surface area contributed by atoms with Crippen molar-refractivity contribution in [2.75, 3.05) is 17.7 Å². The van der Waals surface area contributed by atoms with Crippen molar-refractivity contribution >= 4 is 17.3 Å². The van der Waals surface area contributed by atoms with Crippen LogP contribution in [0.4, 0.5) is 15.8 Å². The number of amides is 1. The summed E-state index contributed by atoms with van der Waals surface area (Å²) < 4.78 is 18.2. The Morgan fingerprint density at radius 2 is 2.00 bits per heavy atom. The first-order valence-electron chi connectivity index (χ1n) is 5.68. The molecule has 0 spiro atoms. The predicted octanol–water partition coefficient (Wildman–Crippen LogP) is 2.43. The molecule has 0 saturated heterocycles. The molecule has 98 valence electrons. The molecule has 0 aliphatic heterocycles. The van der Waals surface area contributed by atoms with E-state index in [2.05, 4.69) is 5.32 Å². The number of nitrogen functional groups attached to an aromatic ring is 1. The van der Waals surface area contributed by atoms with Gasteiger partial charge in [0.15, 0.2) is 6.61 Å². The second kappa shape index (κ2) is 5.86. The third-order valence-corrected chi connectivity index (χ3v) is 2.39. The lowest BCUT2D eigenvalue weighted by atomic mass is 10.3. The van der Waals surface area contributed by atoms with Crippen LogP contribution in [0.5, 0.6) is 5.75 Å². The van der Waals surface area contributed by atoms with Crippen molar-refractivity contribution in [3.8, 4) is 5.75 Å². The van der Waals surface area contributed by atoms with Gasteiger partial charge in [0, 0.05) is 5.69 Å². The number of para-hydroxylation sites is 2. The highest BCUT2D eigenvalue weighted by molar-refractivity contribution is 5.91. The Morgan fingerprint density at radius 1 is 1.21 bits per heavy atom. The molecule has 2 rings (SSSR count). The van der Waals surface area contributed by atoms with E-state index >= 15 is 0 Å². The van der Waals surface area contributed by atoms with Crippen LogP contribution in [-0.4, -0.2) is 12.5 Å². The Labute approximate surface area is 110 Å². The topological polar surface area (TPSA) is 64.3 Å². The first-order valence-corrected chi connectivity index (χ1v) is 5.68. The number of hydrogen-bond acceptors (Lipinski definition) is 3. The second-order valence-corrected chi connectivity index (χ2v) is 3.89. The maximum Gasteiger partial charge on any atom is 0.262 e. The summed E-state index contributed by atoms with van der Waals surface area (Å²) >= 11 is 0. The number of halogens is 1. The average Bonchev–Trinajstić information content (AvgIpc) is 2.38. The molecule has 0 aliphatic rings. The molecular weight excluding hydrogens is 247 g/mol. The summed E-state index contributed by atoms with van der Waals surface area (Å²) in [5, 5.41) is 2.53. The number of nitrogens with two attached hydrogens (primary N) is 1. The van der Waals surface area contributed by atoms with E-state index in [1.807, 2.05) is 0 Å². The molecule has 0 radical (unpaired) electrons. The smallest absolute Gasteiger partial charge is 0.262 e. The molecule has 2 aromatic rings. The largest absolute Gasteiger partial charge is 0.482 e. The second-order valence-electron chi connectivity index (χ2n) is 3.89. The molecule has 0 aliphatic carbocycles. The van der Waals surface area contributed by atoms with Crippen LogP contribution in [0.3, 0.4) is 0 Å². The Balaban J connectivity index is 1.90. The number of anilines is 2. The molecule has 19 heavy (non-hydrogen) atoms. The lowest BCUT2D eigenvalue weighted by molar-refractivity contribution is -0.118. The highest BCUT2D eigenvalue weighted by Gasteiger charge is 2.05. The highest BCUT2D eigenvalue weighted by atomic mass is 19.1. The SMILES string of the molecule is Nc1ccccc1OCC(=O)Nc1cccc(F)c1. The fourth-order valence-corrected chi connectivity index (χ4v) is 1.52. The first-order chi connectivity index (χ1) is 9.15. The van der Waals surface area contributed by atoms with E-state index in [9.17, 15) is 9.18 Å². The van der Waals surface area contributed by atoms with Crippen molar-refractivity contribution < 1.29 is 13.9 Å². The number of rotatable bonds is 4. The number of nitrogens with one attached hydrogen (secondary N) is 1. The van der Waals surface area contributed by atoms with Gasteiger partial charge in [0.2, 0.25) is 0 Å². The van der Waals surface area contributed by atoms with E-state index in [4.69, 9.17) is 10.5 Å². The van der Waals surface area contributed by atoms with Crippen LogP contribution in [0.2, 0.25) is 0 Å². The van der Waals surface area contributed by atoms with E-state index in [1.54, 1.807) is 30.3 Å². The fraction of sp³-hybridized carbons (Fsp3) is 0.0714. The van der Waals surface area contributed by atoms with Crippen LogP contribution < -0.4 is 15.8 Å². The Bertz CT molecular complexity index is 587. The van der Waals surface area contributed by atoms with Gasteiger partial charge in [-0.3, -0.25) is 4.79 Å². The fourth-order valence-electron chi connectivity index (χ4n) is 1.52. The average molecular weight is 260 g/mol. The van der Waals surface area contributed by atoms with Gasteiger partial charge in [0.25, 0.3) is 5.91 Å². The molecule has 0 saturated carbocycles. The Morgan fingerprint density at radius 3 is 2.74 bits per heavy atom. The van der Waals surface area contributed by atoms with Crippen LogP contribution in [0, 0.1) is 5.82 Å². The molecule has 1 amide bonds. The number of carbonyl (C=O) groups excluding carboxylic acids is 1. The van der Waals surface area contributed by atoms with Gasteiger partial charge in [-0.1, -0.05) is 18.2 Å². The van der Waals surface area contributed by atoms with Crippen molar-refractivity contribution in [3.63, 3.8) is 0 Å². The third kappa shape index (κ3) is 3.70. The van der Waals surface area contributed by atoms with E-state index < -0.39 is 5.82 Å². The van der Waals surface area contributed by atoms with Crippen molar-refractivity contribution in [2.24, 2.45) is 0 Å². The maximum absolute atomic E-state index is 12.9. The van der Waals surface area contributed by atoms with Gasteiger partial charge in [-0.2, -0.15) is 0 Å². The van der Waals surface area contributed by atoms with Gasteiger partial charge >= 0.3 is 0 Å². The highest BCUT2D eigenvalue weighted by Crippen LogP contribution is 2.19. The normalized spacial score (nSPS) is 9.95.